The first-order valence-electron chi connectivity index (χ1n) is 14.3. The number of hydrogen-bond donors (Lipinski definition) is 0. The van der Waals surface area contributed by atoms with E-state index in [4.69, 9.17) is 19.4 Å². The van der Waals surface area contributed by atoms with Crippen molar-refractivity contribution in [3.63, 3.8) is 0 Å². The van der Waals surface area contributed by atoms with Crippen LogP contribution in [0.2, 0.25) is 0 Å². The minimum Gasteiger partial charge on any atom is -0.449 e. The van der Waals surface area contributed by atoms with Crippen molar-refractivity contribution in [2.45, 2.75) is 0 Å². The third-order valence-electron chi connectivity index (χ3n) is 8.04. The summed E-state index contributed by atoms with van der Waals surface area (Å²) >= 11 is 0. The van der Waals surface area contributed by atoms with E-state index in [1.54, 1.807) is 0 Å². The molecule has 0 N–H and O–H groups in total. The van der Waals surface area contributed by atoms with Crippen molar-refractivity contribution < 1.29 is 9.47 Å². The molecule has 0 saturated heterocycles. The highest BCUT2D eigenvalue weighted by molar-refractivity contribution is 6.15. The molecule has 43 heavy (non-hydrogen) atoms. The van der Waals surface area contributed by atoms with Gasteiger partial charge in [0, 0.05) is 28.0 Å². The Morgan fingerprint density at radius 1 is 0.488 bits per heavy atom. The van der Waals surface area contributed by atoms with Crippen molar-refractivity contribution in [1.82, 2.24) is 14.5 Å². The van der Waals surface area contributed by atoms with E-state index < -0.39 is 0 Å². The van der Waals surface area contributed by atoms with Gasteiger partial charge in [-0.3, -0.25) is 4.57 Å². The van der Waals surface area contributed by atoms with Gasteiger partial charge in [-0.2, -0.15) is 0 Å². The summed E-state index contributed by atoms with van der Waals surface area (Å²) in [4.78, 5) is 10.2. The van der Waals surface area contributed by atoms with Gasteiger partial charge in [0.1, 0.15) is 11.3 Å². The molecule has 3 heterocycles. The summed E-state index contributed by atoms with van der Waals surface area (Å²) in [6, 6.07) is 47.2. The number of benzene rings is 6. The van der Waals surface area contributed by atoms with Gasteiger partial charge < -0.3 is 9.47 Å². The van der Waals surface area contributed by atoms with Gasteiger partial charge in [-0.15, -0.1) is 0 Å². The zero-order chi connectivity index (χ0) is 28.3. The summed E-state index contributed by atoms with van der Waals surface area (Å²) in [6.45, 7) is 0. The summed E-state index contributed by atoms with van der Waals surface area (Å²) < 4.78 is 15.2. The van der Waals surface area contributed by atoms with Crippen LogP contribution >= 0.6 is 0 Å². The van der Waals surface area contributed by atoms with Gasteiger partial charge in [0.25, 0.3) is 0 Å². The van der Waals surface area contributed by atoms with Crippen LogP contribution in [0.15, 0.2) is 140 Å². The standard InChI is InChI=1S/C38H23N3O2/c1-3-11-24(12-4-1)30-23-35(40-38(39-30)25-13-5-2-6-14-25)41-31-22-27-16-8-7-15-26(27)21-29(31)28-19-20-34-37(36(28)41)43-33-18-10-9-17-32(33)42-34/h1-23H. The van der Waals surface area contributed by atoms with Crippen LogP contribution < -0.4 is 9.47 Å². The number of para-hydroxylation sites is 2. The first kappa shape index (κ1) is 23.7. The fourth-order valence-electron chi connectivity index (χ4n) is 6.03. The zero-order valence-corrected chi connectivity index (χ0v) is 22.9. The molecule has 0 atom stereocenters. The van der Waals surface area contributed by atoms with E-state index in [0.29, 0.717) is 28.8 Å². The quantitative estimate of drug-likeness (QED) is 0.218. The van der Waals surface area contributed by atoms with Gasteiger partial charge in [0.2, 0.25) is 0 Å². The summed E-state index contributed by atoms with van der Waals surface area (Å²) in [5.74, 6) is 4.11. The van der Waals surface area contributed by atoms with Crippen LogP contribution in [-0.4, -0.2) is 14.5 Å². The Morgan fingerprint density at radius 2 is 1.14 bits per heavy atom. The highest BCUT2D eigenvalue weighted by Gasteiger charge is 2.26. The van der Waals surface area contributed by atoms with Gasteiger partial charge in [-0.05, 0) is 47.2 Å². The maximum Gasteiger partial charge on any atom is 0.194 e. The first-order chi connectivity index (χ1) is 21.3. The van der Waals surface area contributed by atoms with Crippen LogP contribution in [0.4, 0.5) is 0 Å². The summed E-state index contributed by atoms with van der Waals surface area (Å²) in [7, 11) is 0. The molecule has 1 aliphatic rings. The van der Waals surface area contributed by atoms with Crippen LogP contribution in [0.3, 0.4) is 0 Å². The molecular formula is C38H23N3O2. The van der Waals surface area contributed by atoms with E-state index in [1.165, 1.54) is 5.39 Å². The van der Waals surface area contributed by atoms with E-state index in [9.17, 15) is 0 Å². The van der Waals surface area contributed by atoms with E-state index in [0.717, 1.165) is 49.8 Å². The molecule has 0 spiro atoms. The lowest BCUT2D eigenvalue weighted by Gasteiger charge is -2.22. The highest BCUT2D eigenvalue weighted by atomic mass is 16.6. The molecule has 0 aliphatic carbocycles. The Morgan fingerprint density at radius 3 is 1.91 bits per heavy atom. The normalized spacial score (nSPS) is 12.1. The van der Waals surface area contributed by atoms with Crippen molar-refractivity contribution in [2.75, 3.05) is 0 Å². The largest absolute Gasteiger partial charge is 0.449 e. The highest BCUT2D eigenvalue weighted by Crippen LogP contribution is 2.51. The van der Waals surface area contributed by atoms with E-state index in [1.807, 2.05) is 78.9 Å². The molecule has 6 aromatic carbocycles. The number of nitrogens with zero attached hydrogens (tertiary/aromatic N) is 3. The van der Waals surface area contributed by atoms with Gasteiger partial charge >= 0.3 is 0 Å². The molecule has 9 rings (SSSR count). The minimum atomic E-state index is 0.653. The van der Waals surface area contributed by atoms with Crippen molar-refractivity contribution in [3.05, 3.63) is 140 Å². The van der Waals surface area contributed by atoms with Crippen LogP contribution in [0.1, 0.15) is 0 Å². The number of rotatable bonds is 3. The molecule has 8 aromatic rings. The third kappa shape index (κ3) is 3.79. The average molecular weight is 554 g/mol. The van der Waals surface area contributed by atoms with Crippen molar-refractivity contribution in [1.29, 1.82) is 0 Å². The monoisotopic (exact) mass is 553 g/mol. The second-order valence-electron chi connectivity index (χ2n) is 10.7. The maximum atomic E-state index is 6.62. The van der Waals surface area contributed by atoms with E-state index in [2.05, 4.69) is 65.2 Å². The molecule has 0 unspecified atom stereocenters. The molecule has 0 radical (unpaired) electrons. The van der Waals surface area contributed by atoms with E-state index in [-0.39, 0.29) is 0 Å². The number of fused-ring (bicyclic) bond motifs is 7. The van der Waals surface area contributed by atoms with Gasteiger partial charge in [0.15, 0.2) is 28.8 Å². The fraction of sp³-hybridized carbons (Fsp3) is 0. The molecule has 1 aliphatic heterocycles. The summed E-state index contributed by atoms with van der Waals surface area (Å²) in [5, 5.41) is 4.49. The van der Waals surface area contributed by atoms with Crippen LogP contribution in [0, 0.1) is 0 Å². The van der Waals surface area contributed by atoms with Crippen molar-refractivity contribution in [2.24, 2.45) is 0 Å². The van der Waals surface area contributed by atoms with Crippen LogP contribution in [0.25, 0.3) is 61.0 Å². The van der Waals surface area contributed by atoms with Crippen molar-refractivity contribution in [3.8, 4) is 51.5 Å². The number of ether oxygens (including phenoxy) is 2. The second kappa shape index (κ2) is 9.29. The maximum absolute atomic E-state index is 6.62. The van der Waals surface area contributed by atoms with E-state index >= 15 is 0 Å². The Labute approximate surface area is 247 Å². The predicted octanol–water partition coefficient (Wildman–Crippen LogP) is 9.96. The third-order valence-corrected chi connectivity index (χ3v) is 8.04. The van der Waals surface area contributed by atoms with Gasteiger partial charge in [0.05, 0.1) is 11.2 Å². The van der Waals surface area contributed by atoms with Gasteiger partial charge in [-0.25, -0.2) is 9.97 Å². The lowest BCUT2D eigenvalue weighted by Crippen LogP contribution is -2.05. The molecule has 0 saturated carbocycles. The fourth-order valence-corrected chi connectivity index (χ4v) is 6.03. The Bertz CT molecular complexity index is 2290. The molecular weight excluding hydrogens is 530 g/mol. The molecule has 5 heteroatoms. The topological polar surface area (TPSA) is 49.2 Å². The lowest BCUT2D eigenvalue weighted by atomic mass is 10.1. The number of aromatic nitrogens is 3. The molecule has 0 bridgehead atoms. The predicted molar refractivity (Wildman–Crippen MR) is 171 cm³/mol. The lowest BCUT2D eigenvalue weighted by molar-refractivity contribution is 0.362. The first-order valence-corrected chi connectivity index (χ1v) is 14.3. The Balaban J connectivity index is 1.41. The van der Waals surface area contributed by atoms with Crippen molar-refractivity contribution >= 4 is 32.6 Å². The smallest absolute Gasteiger partial charge is 0.194 e. The zero-order valence-electron chi connectivity index (χ0n) is 22.9. The molecule has 2 aromatic heterocycles. The second-order valence-corrected chi connectivity index (χ2v) is 10.7. The molecule has 0 amide bonds. The molecule has 202 valence electrons. The summed E-state index contributed by atoms with van der Waals surface area (Å²) in [5.41, 5.74) is 4.73. The number of hydrogen-bond acceptors (Lipinski definition) is 4. The Kier molecular flexibility index (Phi) is 5.13. The van der Waals surface area contributed by atoms with Gasteiger partial charge in [-0.1, -0.05) is 97.1 Å². The average Bonchev–Trinajstić information content (AvgIpc) is 3.40. The Hall–Kier alpha value is -5.94. The SMILES string of the molecule is c1ccc(-c2cc(-n3c4cc5ccccc5cc4c4ccc5c(c43)Oc3ccccc3O5)nc(-c3ccccc3)n2)cc1. The van der Waals surface area contributed by atoms with Crippen LogP contribution in [-0.2, 0) is 0 Å². The summed E-state index contributed by atoms with van der Waals surface area (Å²) in [6.07, 6.45) is 0. The molecule has 0 fully saturated rings. The van der Waals surface area contributed by atoms with Crippen LogP contribution in [0.5, 0.6) is 23.0 Å². The minimum absolute atomic E-state index is 0.653. The molecule has 5 nitrogen and oxygen atoms in total.